The summed E-state index contributed by atoms with van der Waals surface area (Å²) in [5.74, 6) is -8.21. The van der Waals surface area contributed by atoms with Gasteiger partial charge in [0.1, 0.15) is 73.5 Å². The molecule has 3 fully saturated rings. The number of hydrazine groups is 3. The molecule has 3 saturated heterocycles. The second kappa shape index (κ2) is 51.3. The zero-order valence-electron chi connectivity index (χ0n) is 67.6. The van der Waals surface area contributed by atoms with Crippen molar-refractivity contribution in [1.82, 2.24) is 47.3 Å². The fourth-order valence-corrected chi connectivity index (χ4v) is 11.5. The van der Waals surface area contributed by atoms with Crippen molar-refractivity contribution < 1.29 is 101 Å². The Labute approximate surface area is 701 Å². The fourth-order valence-electron chi connectivity index (χ4n) is 8.97. The van der Waals surface area contributed by atoms with Crippen LogP contribution in [0.4, 0.5) is 4.39 Å². The lowest BCUT2D eigenvalue weighted by molar-refractivity contribution is -0.158. The van der Waals surface area contributed by atoms with Crippen LogP contribution < -0.4 is 38.0 Å². The monoisotopic (exact) mass is 1800 g/mol. The van der Waals surface area contributed by atoms with Crippen LogP contribution in [0.3, 0.4) is 0 Å². The minimum atomic E-state index is -2.17. The van der Waals surface area contributed by atoms with E-state index in [1.165, 1.54) is 22.0 Å². The maximum atomic E-state index is 13.2. The second-order valence-corrected chi connectivity index (χ2v) is 47.3. The van der Waals surface area contributed by atoms with Crippen LogP contribution in [0.1, 0.15) is 163 Å². The van der Waals surface area contributed by atoms with Gasteiger partial charge in [0.05, 0.1) is 46.4 Å². The summed E-state index contributed by atoms with van der Waals surface area (Å²) >= 11 is 50.4. The van der Waals surface area contributed by atoms with Crippen molar-refractivity contribution in [3.8, 4) is 0 Å². The number of rotatable bonds is 30. The second-order valence-electron chi connectivity index (χ2n) is 30.1. The van der Waals surface area contributed by atoms with Crippen molar-refractivity contribution in [3.05, 3.63) is 24.3 Å². The Hall–Kier alpha value is -3.99. The van der Waals surface area contributed by atoms with Gasteiger partial charge in [-0.2, -0.15) is 0 Å². The number of nitrogens with zero attached hydrogens (tertiary/aromatic N) is 3. The minimum Gasteiger partial charge on any atom is -0.481 e. The average Bonchev–Trinajstić information content (AvgIpc) is 0.846. The molecule has 0 aromatic rings. The van der Waals surface area contributed by atoms with Crippen molar-refractivity contribution in [2.45, 2.75) is 257 Å². The third-order valence-corrected chi connectivity index (χ3v) is 27.1. The summed E-state index contributed by atoms with van der Waals surface area (Å²) < 4.78 is 42.6. The van der Waals surface area contributed by atoms with E-state index in [4.69, 9.17) is 144 Å². The molecule has 0 aliphatic carbocycles. The maximum absolute atomic E-state index is 13.2. The molecule has 0 aromatic heterocycles. The summed E-state index contributed by atoms with van der Waals surface area (Å²) in [4.78, 5) is 147. The number of ether oxygens (including phenoxy) is 4. The number of Topliss-reactive ketones (excluding diaryl/α,β-unsaturated/α-hetero) is 1. The van der Waals surface area contributed by atoms with Crippen LogP contribution in [-0.2, 0) is 85.3 Å². The minimum absolute atomic E-state index is 0.00475. The highest BCUT2D eigenvalue weighted by Crippen LogP contribution is 2.38. The van der Waals surface area contributed by atoms with Gasteiger partial charge >= 0.3 is 29.8 Å². The molecule has 3 aliphatic heterocycles. The molecule has 0 spiro atoms. The van der Waals surface area contributed by atoms with Gasteiger partial charge in [-0.15, -0.1) is 0 Å². The van der Waals surface area contributed by atoms with Gasteiger partial charge in [-0.1, -0.05) is 170 Å². The molecule has 3 rings (SSSR count). The van der Waals surface area contributed by atoms with E-state index in [1.807, 2.05) is 6.92 Å². The number of carboxylic acids is 1. The van der Waals surface area contributed by atoms with E-state index in [0.717, 1.165) is 0 Å². The zero-order valence-corrected chi connectivity index (χ0v) is 75.4. The number of aliphatic carboxylic acids is 1. The molecular weight excluding hydrogens is 1680 g/mol. The Morgan fingerprint density at radius 1 is 0.550 bits per heavy atom. The molecule has 3 aliphatic rings. The molecule has 9 atom stereocenters. The highest BCUT2D eigenvalue weighted by Gasteiger charge is 2.42. The highest BCUT2D eigenvalue weighted by molar-refractivity contribution is 6.74. The predicted octanol–water partition coefficient (Wildman–Crippen LogP) is 9.58. The number of hydrogen-bond donors (Lipinski definition) is 9. The Morgan fingerprint density at radius 2 is 0.865 bits per heavy atom. The molecular formula is C69H118Cl9FN10O20Si2. The van der Waals surface area contributed by atoms with Gasteiger partial charge in [0.2, 0.25) is 29.1 Å². The van der Waals surface area contributed by atoms with Crippen LogP contribution in [0.25, 0.3) is 0 Å². The van der Waals surface area contributed by atoms with Gasteiger partial charge in [-0.3, -0.25) is 77.0 Å². The summed E-state index contributed by atoms with van der Waals surface area (Å²) in [6.07, 6.45) is 9.78. The maximum Gasteiger partial charge on any atom is 0.325 e. The molecule has 0 saturated carbocycles. The third-order valence-electron chi connectivity index (χ3n) is 17.1. The summed E-state index contributed by atoms with van der Waals surface area (Å²) in [5.41, 5.74) is 13.6. The molecule has 0 unspecified atom stereocenters. The Bertz CT molecular complexity index is 3090. The van der Waals surface area contributed by atoms with E-state index >= 15 is 0 Å². The molecule has 111 heavy (non-hydrogen) atoms. The molecule has 3 heterocycles. The van der Waals surface area contributed by atoms with Crippen molar-refractivity contribution >= 4 is 192 Å². The number of halogens is 10. The number of allylic oxidation sites excluding steroid dienone is 3. The summed E-state index contributed by atoms with van der Waals surface area (Å²) in [5, 5.41) is 29.0. The number of nitrogens with two attached hydrogens (primary N) is 1. The number of aliphatic hydroxyl groups is 1. The molecule has 0 aromatic carbocycles. The molecule has 0 bridgehead atoms. The van der Waals surface area contributed by atoms with E-state index < -0.39 is 187 Å². The first kappa shape index (κ1) is 107. The van der Waals surface area contributed by atoms with Crippen LogP contribution in [-0.4, -0.2) is 239 Å². The quantitative estimate of drug-likeness (QED) is 0.0106. The van der Waals surface area contributed by atoms with E-state index in [-0.39, 0.29) is 54.8 Å². The third kappa shape index (κ3) is 46.5. The van der Waals surface area contributed by atoms with E-state index in [2.05, 4.69) is 100.0 Å². The average molecular weight is 1800 g/mol. The molecule has 30 nitrogen and oxygen atoms in total. The number of alkyl halides is 10. The number of aliphatic hydroxyl groups excluding tert-OH is 1. The lowest BCUT2D eigenvalue weighted by Crippen LogP contribution is -2.60. The van der Waals surface area contributed by atoms with Crippen molar-refractivity contribution in [2.75, 3.05) is 66.4 Å². The predicted molar refractivity (Wildman–Crippen MR) is 432 cm³/mol. The Kier molecular flexibility index (Phi) is 49.4. The summed E-state index contributed by atoms with van der Waals surface area (Å²) in [7, 11) is -5.23. The lowest BCUT2D eigenvalue weighted by Gasteiger charge is -2.37. The molecule has 0 radical (unpaired) electrons. The van der Waals surface area contributed by atoms with E-state index in [1.54, 1.807) is 65.8 Å². The van der Waals surface area contributed by atoms with E-state index in [9.17, 15) is 67.0 Å². The standard InChI is InChI=1S/C25H42Cl3N3O6Si.C19H35Cl3N4O5Si.C19H30Cl3N3O7.C5H8O2.CH3F/c1-8-9-11-19(32)14-18(15-37-38(6,7)24(3,4)5)21(33)29-17(2)22(34)31-13-10-12-20(30-31)23(35)36-16-25(26,27)28;1-12(24-15(27)13(23)10-31-32(5,6)18(2,3)4)16(28)26-9-7-8-14(25-26)17(29)30-11-19(20,21)22;1-11(23-15(28)12(9-26)8-14(27)32-18(2,3)4)16(29)25-7-5-6-13(24-25)17(30)31-10-19(20,21)22;1-2-3-4-5(6)7;1-2/h8-9,17-18,20,30H,10-16H2,1-7H3,(H,29,33);12-14,25H,7-11,23H2,1-6H3,(H,24,27);11-13,24,26H,5-10H2,1-4H3,(H,23,28);2-3H,4H2,1H3,(H,6,7);1H3/b9-8+;;;3-2+;/t17-,18-,20-;12-,13-,14-;11-,12-,13-;;/m000../s1/i;;;;1D. The number of amides is 6. The molecule has 42 heteroatoms. The highest BCUT2D eigenvalue weighted by atomic mass is 35.6. The number of carboxylic acid groups (broad SMARTS) is 1. The number of carbonyl (C=O) groups is 12. The number of carbonyl (C=O) groups excluding carboxylic acids is 11. The Morgan fingerprint density at radius 3 is 1.15 bits per heavy atom. The van der Waals surface area contributed by atoms with Gasteiger partial charge in [0.15, 0.2) is 16.6 Å². The fraction of sp³-hybridized carbons (Fsp3) is 0.768. The number of ketones is 1. The molecule has 642 valence electrons. The van der Waals surface area contributed by atoms with Crippen molar-refractivity contribution in [1.29, 1.82) is 0 Å². The zero-order chi connectivity index (χ0) is 87.3. The van der Waals surface area contributed by atoms with Gasteiger partial charge in [0, 0.05) is 39.1 Å². The summed E-state index contributed by atoms with van der Waals surface area (Å²) in [6.45, 7) is 33.4. The largest absolute Gasteiger partial charge is 0.481 e. The smallest absolute Gasteiger partial charge is 0.325 e. The molecule has 6 amide bonds. The number of nitrogens with one attached hydrogen (secondary N) is 6. The summed E-state index contributed by atoms with van der Waals surface area (Å²) in [6, 6.07) is -6.03. The molecule has 10 N–H and O–H groups in total. The van der Waals surface area contributed by atoms with Crippen LogP contribution in [0, 0.1) is 11.8 Å². The van der Waals surface area contributed by atoms with Crippen LogP contribution in [0.15, 0.2) is 24.3 Å². The SMILES string of the molecule is C/C=C/CC(=O)C[C@@H](CO[Si](C)(C)C(C)(C)C)C(=O)N[C@@H](C)C(=O)N1CCC[C@@H](C(=O)OCC(Cl)(Cl)Cl)N1.C/C=C/CC(=O)O.C[C@H](NC(=O)[C@@H](N)CO[Si](C)(C)C(C)(C)C)C(=O)N1CCC[C@@H](C(=O)OCC(Cl)(Cl)Cl)N1.C[C@H](NC(=O)[C@H](CO)CC(=O)OC(C)(C)C)C(=O)N1CCC[C@@H](C(=O)OCC(Cl)(Cl)Cl)N1.[2H]CF. The Balaban J connectivity index is 0. The van der Waals surface area contributed by atoms with E-state index in [0.29, 0.717) is 58.2 Å². The first-order chi connectivity index (χ1) is 51.1. The van der Waals surface area contributed by atoms with Gasteiger partial charge < -0.3 is 59.7 Å². The van der Waals surface area contributed by atoms with Crippen LogP contribution >= 0.6 is 104 Å². The van der Waals surface area contributed by atoms with Crippen molar-refractivity contribution in [2.24, 2.45) is 17.6 Å². The topological polar surface area (TPSA) is 409 Å². The first-order valence-electron chi connectivity index (χ1n) is 36.4. The van der Waals surface area contributed by atoms with Gasteiger partial charge in [0.25, 0.3) is 17.7 Å². The van der Waals surface area contributed by atoms with Crippen molar-refractivity contribution in [3.63, 3.8) is 0 Å². The van der Waals surface area contributed by atoms with Crippen LogP contribution in [0.5, 0.6) is 0 Å². The first-order valence-corrected chi connectivity index (χ1v) is 44.9. The number of esters is 4. The normalized spacial score (nSPS) is 18.4. The van der Waals surface area contributed by atoms with Gasteiger partial charge in [-0.05, 0) is 130 Å². The van der Waals surface area contributed by atoms with Gasteiger partial charge in [-0.25, -0.2) is 16.3 Å². The van der Waals surface area contributed by atoms with Crippen LogP contribution in [0.2, 0.25) is 36.3 Å². The number of hydrogen-bond acceptors (Lipinski definition) is 23. The lowest BCUT2D eigenvalue weighted by atomic mass is 10.00.